The lowest BCUT2D eigenvalue weighted by atomic mass is 10.0. The predicted molar refractivity (Wildman–Crippen MR) is 62.4 cm³/mol. The molecular formula is C12H22O5. The fourth-order valence-corrected chi connectivity index (χ4v) is 1.69. The molecule has 100 valence electrons. The maximum Gasteiger partial charge on any atom is 0.186 e. The molecule has 1 aliphatic heterocycles. The molecule has 0 bridgehead atoms. The molecule has 0 aromatic rings. The fourth-order valence-electron chi connectivity index (χ4n) is 1.69. The summed E-state index contributed by atoms with van der Waals surface area (Å²) >= 11 is 0. The van der Waals surface area contributed by atoms with Crippen LogP contribution in [0.5, 0.6) is 0 Å². The molecule has 1 fully saturated rings. The third kappa shape index (κ3) is 4.04. The molecule has 5 heteroatoms. The average molecular weight is 246 g/mol. The molecular weight excluding hydrogens is 224 g/mol. The first kappa shape index (κ1) is 14.6. The highest BCUT2D eigenvalue weighted by atomic mass is 16.7. The summed E-state index contributed by atoms with van der Waals surface area (Å²) in [6, 6.07) is 0. The van der Waals surface area contributed by atoms with Crippen molar-refractivity contribution in [2.24, 2.45) is 0 Å². The predicted octanol–water partition coefficient (Wildman–Crippen LogP) is 0.187. The molecule has 0 unspecified atom stereocenters. The van der Waals surface area contributed by atoms with Crippen molar-refractivity contribution in [2.75, 3.05) is 6.61 Å². The van der Waals surface area contributed by atoms with E-state index < -0.39 is 30.7 Å². The van der Waals surface area contributed by atoms with E-state index in [0.717, 1.165) is 12.8 Å². The van der Waals surface area contributed by atoms with E-state index in [1.165, 1.54) is 0 Å². The number of aliphatic hydroxyl groups excluding tert-OH is 3. The van der Waals surface area contributed by atoms with Gasteiger partial charge in [-0.15, -0.1) is 0 Å². The zero-order chi connectivity index (χ0) is 12.8. The van der Waals surface area contributed by atoms with Crippen LogP contribution in [0.3, 0.4) is 0 Å². The molecule has 1 heterocycles. The van der Waals surface area contributed by atoms with Crippen LogP contribution in [0.15, 0.2) is 12.2 Å². The largest absolute Gasteiger partial charge is 0.388 e. The molecule has 0 amide bonds. The van der Waals surface area contributed by atoms with Gasteiger partial charge in [0.2, 0.25) is 0 Å². The molecule has 0 aliphatic carbocycles. The Morgan fingerprint density at radius 1 is 1.12 bits per heavy atom. The lowest BCUT2D eigenvalue weighted by molar-refractivity contribution is -0.292. The first-order valence-electron chi connectivity index (χ1n) is 6.04. The van der Waals surface area contributed by atoms with Crippen LogP contribution >= 0.6 is 0 Å². The molecule has 1 rings (SSSR count). The molecule has 0 radical (unpaired) electrons. The van der Waals surface area contributed by atoms with Gasteiger partial charge in [-0.05, 0) is 19.8 Å². The summed E-state index contributed by atoms with van der Waals surface area (Å²) in [5.74, 6) is 0. The first-order valence-corrected chi connectivity index (χ1v) is 6.04. The van der Waals surface area contributed by atoms with Gasteiger partial charge in [-0.3, -0.25) is 0 Å². The van der Waals surface area contributed by atoms with E-state index in [9.17, 15) is 15.3 Å². The van der Waals surface area contributed by atoms with Crippen LogP contribution in [0, 0.1) is 0 Å². The maximum absolute atomic E-state index is 9.65. The van der Waals surface area contributed by atoms with Gasteiger partial charge >= 0.3 is 0 Å². The lowest BCUT2D eigenvalue weighted by Gasteiger charge is -2.38. The Hall–Kier alpha value is -0.460. The topological polar surface area (TPSA) is 79.2 Å². The summed E-state index contributed by atoms with van der Waals surface area (Å²) in [5, 5.41) is 28.7. The standard InChI is InChI=1S/C12H22O5/c1-3-4-5-6-7-16-12-11(15)10(14)9(13)8(2)17-12/h4-5,8-15H,3,6-7H2,1-2H3/b5-4-/t8-,9-,10+,11+,12-/m0/s1. The summed E-state index contributed by atoms with van der Waals surface area (Å²) in [6.07, 6.45) is 0.782. The van der Waals surface area contributed by atoms with Gasteiger partial charge in [0.1, 0.15) is 18.3 Å². The number of hydrogen-bond donors (Lipinski definition) is 3. The number of ether oxygens (including phenoxy) is 2. The number of hydrogen-bond acceptors (Lipinski definition) is 5. The van der Waals surface area contributed by atoms with Crippen molar-refractivity contribution in [2.45, 2.75) is 57.4 Å². The van der Waals surface area contributed by atoms with Gasteiger partial charge in [0.25, 0.3) is 0 Å². The fraction of sp³-hybridized carbons (Fsp3) is 0.833. The molecule has 0 aromatic heterocycles. The second kappa shape index (κ2) is 7.08. The van der Waals surface area contributed by atoms with Gasteiger partial charge in [0, 0.05) is 0 Å². The van der Waals surface area contributed by atoms with Crippen LogP contribution in [0.25, 0.3) is 0 Å². The Kier molecular flexibility index (Phi) is 6.08. The van der Waals surface area contributed by atoms with Crippen molar-refractivity contribution in [1.29, 1.82) is 0 Å². The lowest BCUT2D eigenvalue weighted by Crippen LogP contribution is -2.57. The number of allylic oxidation sites excluding steroid dienone is 1. The minimum absolute atomic E-state index is 0.410. The Labute approximate surface area is 102 Å². The third-order valence-electron chi connectivity index (χ3n) is 2.78. The Bertz CT molecular complexity index is 243. The molecule has 5 nitrogen and oxygen atoms in total. The van der Waals surface area contributed by atoms with E-state index in [0.29, 0.717) is 6.61 Å². The zero-order valence-electron chi connectivity index (χ0n) is 10.3. The van der Waals surface area contributed by atoms with E-state index in [1.54, 1.807) is 6.92 Å². The van der Waals surface area contributed by atoms with Gasteiger partial charge in [-0.1, -0.05) is 19.1 Å². The smallest absolute Gasteiger partial charge is 0.186 e. The summed E-state index contributed by atoms with van der Waals surface area (Å²) in [4.78, 5) is 0. The molecule has 0 spiro atoms. The molecule has 1 aliphatic rings. The molecule has 3 N–H and O–H groups in total. The van der Waals surface area contributed by atoms with Gasteiger partial charge < -0.3 is 24.8 Å². The third-order valence-corrected chi connectivity index (χ3v) is 2.78. The highest BCUT2D eigenvalue weighted by Gasteiger charge is 2.42. The Morgan fingerprint density at radius 2 is 1.82 bits per heavy atom. The second-order valence-corrected chi connectivity index (χ2v) is 4.22. The monoisotopic (exact) mass is 246 g/mol. The number of rotatable bonds is 5. The molecule has 0 saturated carbocycles. The van der Waals surface area contributed by atoms with Crippen LogP contribution in [0.2, 0.25) is 0 Å². The summed E-state index contributed by atoms with van der Waals surface area (Å²) in [6.45, 7) is 4.09. The molecule has 5 atom stereocenters. The van der Waals surface area contributed by atoms with E-state index in [2.05, 4.69) is 0 Å². The summed E-state index contributed by atoms with van der Waals surface area (Å²) < 4.78 is 10.6. The van der Waals surface area contributed by atoms with Gasteiger partial charge in [0.15, 0.2) is 6.29 Å². The average Bonchev–Trinajstić information content (AvgIpc) is 2.32. The number of aliphatic hydroxyl groups is 3. The first-order chi connectivity index (χ1) is 8.07. The van der Waals surface area contributed by atoms with Crippen molar-refractivity contribution in [3.63, 3.8) is 0 Å². The van der Waals surface area contributed by atoms with Crippen LogP contribution < -0.4 is 0 Å². The zero-order valence-corrected chi connectivity index (χ0v) is 10.3. The van der Waals surface area contributed by atoms with E-state index in [1.807, 2.05) is 19.1 Å². The van der Waals surface area contributed by atoms with Gasteiger partial charge in [-0.2, -0.15) is 0 Å². The molecule has 1 saturated heterocycles. The normalized spacial score (nSPS) is 38.8. The highest BCUT2D eigenvalue weighted by Crippen LogP contribution is 2.21. The quantitative estimate of drug-likeness (QED) is 0.476. The van der Waals surface area contributed by atoms with Gasteiger partial charge in [0.05, 0.1) is 12.7 Å². The Balaban J connectivity index is 2.35. The van der Waals surface area contributed by atoms with E-state index in [4.69, 9.17) is 9.47 Å². The second-order valence-electron chi connectivity index (χ2n) is 4.22. The van der Waals surface area contributed by atoms with Crippen molar-refractivity contribution < 1.29 is 24.8 Å². The van der Waals surface area contributed by atoms with Crippen molar-refractivity contribution >= 4 is 0 Å². The highest BCUT2D eigenvalue weighted by molar-refractivity contribution is 4.87. The Morgan fingerprint density at radius 3 is 2.47 bits per heavy atom. The summed E-state index contributed by atoms with van der Waals surface area (Å²) in [5.41, 5.74) is 0. The SMILES string of the molecule is CC/C=C\CCO[C@H]1O[C@@H](C)[C@H](O)[C@@H](O)[C@H]1O. The van der Waals surface area contributed by atoms with Crippen molar-refractivity contribution in [3.05, 3.63) is 12.2 Å². The molecule has 0 aromatic carbocycles. The van der Waals surface area contributed by atoms with Crippen molar-refractivity contribution in [1.82, 2.24) is 0 Å². The minimum atomic E-state index is -1.23. The van der Waals surface area contributed by atoms with Crippen molar-refractivity contribution in [3.8, 4) is 0 Å². The maximum atomic E-state index is 9.65. The van der Waals surface area contributed by atoms with Crippen LogP contribution in [-0.2, 0) is 9.47 Å². The minimum Gasteiger partial charge on any atom is -0.388 e. The summed E-state index contributed by atoms with van der Waals surface area (Å²) in [7, 11) is 0. The van der Waals surface area contributed by atoms with E-state index in [-0.39, 0.29) is 0 Å². The van der Waals surface area contributed by atoms with Gasteiger partial charge in [-0.25, -0.2) is 0 Å². The molecule has 17 heavy (non-hydrogen) atoms. The van der Waals surface area contributed by atoms with E-state index >= 15 is 0 Å². The van der Waals surface area contributed by atoms with Crippen LogP contribution in [-0.4, -0.2) is 52.6 Å². The van der Waals surface area contributed by atoms with Crippen LogP contribution in [0.4, 0.5) is 0 Å². The van der Waals surface area contributed by atoms with Crippen LogP contribution in [0.1, 0.15) is 26.7 Å².